The second-order valence-corrected chi connectivity index (χ2v) is 4.33. The summed E-state index contributed by atoms with van der Waals surface area (Å²) in [5.41, 5.74) is 6.34. The summed E-state index contributed by atoms with van der Waals surface area (Å²) >= 11 is 0. The van der Waals surface area contributed by atoms with Crippen LogP contribution in [0.15, 0.2) is 57.8 Å². The van der Waals surface area contributed by atoms with Crippen LogP contribution in [0.5, 0.6) is 0 Å². The summed E-state index contributed by atoms with van der Waals surface area (Å²) in [6.07, 6.45) is 1.55. The molecule has 1 unspecified atom stereocenters. The van der Waals surface area contributed by atoms with Gasteiger partial charge >= 0.3 is 0 Å². The van der Waals surface area contributed by atoms with Gasteiger partial charge in [0.15, 0.2) is 0 Å². The number of hydrogen-bond acceptors (Lipinski definition) is 6. The number of nitrogens with one attached hydrogen (secondary N) is 1. The molecule has 1 amide bonds. The summed E-state index contributed by atoms with van der Waals surface area (Å²) in [4.78, 5) is 12.2. The van der Waals surface area contributed by atoms with Crippen LogP contribution in [-0.4, -0.2) is 16.2 Å². The van der Waals surface area contributed by atoms with Crippen molar-refractivity contribution in [2.75, 3.05) is 5.73 Å². The zero-order valence-electron chi connectivity index (χ0n) is 10.9. The van der Waals surface area contributed by atoms with Crippen molar-refractivity contribution < 1.29 is 13.8 Å². The minimum absolute atomic E-state index is 0.0533. The Balaban J connectivity index is 1.91. The summed E-state index contributed by atoms with van der Waals surface area (Å²) in [6, 6.07) is 12.5. The second-order valence-electron chi connectivity index (χ2n) is 4.33. The van der Waals surface area contributed by atoms with Gasteiger partial charge in [0.2, 0.25) is 11.5 Å². The van der Waals surface area contributed by atoms with E-state index in [1.165, 1.54) is 0 Å². The molecule has 106 valence electrons. The van der Waals surface area contributed by atoms with Gasteiger partial charge in [-0.25, -0.2) is 4.63 Å². The molecule has 0 bridgehead atoms. The van der Waals surface area contributed by atoms with E-state index in [0.29, 0.717) is 5.76 Å². The molecule has 0 spiro atoms. The number of aromatic nitrogens is 2. The van der Waals surface area contributed by atoms with Gasteiger partial charge in [0.05, 0.1) is 6.26 Å². The van der Waals surface area contributed by atoms with Crippen molar-refractivity contribution in [1.82, 2.24) is 15.6 Å². The number of furan rings is 1. The molecule has 0 saturated heterocycles. The van der Waals surface area contributed by atoms with E-state index < -0.39 is 11.9 Å². The fourth-order valence-corrected chi connectivity index (χ4v) is 1.97. The molecule has 3 rings (SSSR count). The minimum Gasteiger partial charge on any atom is -0.467 e. The van der Waals surface area contributed by atoms with Gasteiger partial charge in [-0.05, 0) is 28.0 Å². The smallest absolute Gasteiger partial charge is 0.278 e. The lowest BCUT2D eigenvalue weighted by Gasteiger charge is -2.16. The second kappa shape index (κ2) is 5.49. The number of amides is 1. The Bertz CT molecular complexity index is 722. The Morgan fingerprint density at radius 1 is 1.14 bits per heavy atom. The molecule has 0 aliphatic carbocycles. The van der Waals surface area contributed by atoms with E-state index in [2.05, 4.69) is 20.3 Å². The van der Waals surface area contributed by atoms with Gasteiger partial charge in [-0.2, -0.15) is 0 Å². The summed E-state index contributed by atoms with van der Waals surface area (Å²) < 4.78 is 9.83. The number of anilines is 1. The number of rotatable bonds is 4. The normalized spacial score (nSPS) is 12.0. The highest BCUT2D eigenvalue weighted by molar-refractivity contribution is 5.96. The van der Waals surface area contributed by atoms with Gasteiger partial charge in [0.25, 0.3) is 5.91 Å². The number of hydrogen-bond donors (Lipinski definition) is 2. The number of nitrogens with two attached hydrogens (primary N) is 1. The van der Waals surface area contributed by atoms with Crippen molar-refractivity contribution in [2.45, 2.75) is 6.04 Å². The van der Waals surface area contributed by atoms with Crippen molar-refractivity contribution in [3.63, 3.8) is 0 Å². The maximum Gasteiger partial charge on any atom is 0.278 e. The lowest BCUT2D eigenvalue weighted by atomic mass is 10.0. The van der Waals surface area contributed by atoms with Crippen molar-refractivity contribution in [3.8, 4) is 0 Å². The molecule has 0 aliphatic rings. The number of carbonyl (C=O) groups is 1. The van der Waals surface area contributed by atoms with Crippen LogP contribution in [0.25, 0.3) is 0 Å². The van der Waals surface area contributed by atoms with Gasteiger partial charge < -0.3 is 15.5 Å². The van der Waals surface area contributed by atoms with Crippen LogP contribution < -0.4 is 11.1 Å². The molecule has 0 aliphatic heterocycles. The summed E-state index contributed by atoms with van der Waals surface area (Å²) in [7, 11) is 0. The first kappa shape index (κ1) is 12.9. The zero-order chi connectivity index (χ0) is 14.7. The summed E-state index contributed by atoms with van der Waals surface area (Å²) in [5, 5.41) is 9.68. The third-order valence-electron chi connectivity index (χ3n) is 2.97. The maximum atomic E-state index is 12.2. The average molecular weight is 284 g/mol. The van der Waals surface area contributed by atoms with Gasteiger partial charge in [0, 0.05) is 0 Å². The van der Waals surface area contributed by atoms with Crippen LogP contribution in [0.3, 0.4) is 0 Å². The number of nitrogens with zero attached hydrogens (tertiary/aromatic N) is 2. The van der Waals surface area contributed by atoms with Crippen LogP contribution in [0.4, 0.5) is 5.82 Å². The molecule has 7 nitrogen and oxygen atoms in total. The number of carbonyl (C=O) groups excluding carboxylic acids is 1. The van der Waals surface area contributed by atoms with Crippen molar-refractivity contribution in [1.29, 1.82) is 0 Å². The first-order valence-electron chi connectivity index (χ1n) is 6.23. The van der Waals surface area contributed by atoms with E-state index in [-0.39, 0.29) is 11.5 Å². The van der Waals surface area contributed by atoms with Gasteiger partial charge in [-0.1, -0.05) is 30.3 Å². The standard InChI is InChI=1S/C14H12N4O3/c15-13-12(17-21-18-13)14(19)16-11(10-7-4-8-20-10)9-5-2-1-3-6-9/h1-8,11H,(H2,15,18)(H,16,19). The topological polar surface area (TPSA) is 107 Å². The predicted octanol–water partition coefficient (Wildman–Crippen LogP) is 1.76. The van der Waals surface area contributed by atoms with E-state index in [0.717, 1.165) is 5.56 Å². The van der Waals surface area contributed by atoms with E-state index in [1.807, 2.05) is 30.3 Å². The molecule has 1 atom stereocenters. The fourth-order valence-electron chi connectivity index (χ4n) is 1.97. The first-order valence-corrected chi connectivity index (χ1v) is 6.23. The quantitative estimate of drug-likeness (QED) is 0.756. The van der Waals surface area contributed by atoms with Gasteiger partial charge in [-0.15, -0.1) is 0 Å². The molecular formula is C14H12N4O3. The lowest BCUT2D eigenvalue weighted by molar-refractivity contribution is 0.0929. The number of nitrogen functional groups attached to an aromatic ring is 1. The highest BCUT2D eigenvalue weighted by Crippen LogP contribution is 2.23. The Hall–Kier alpha value is -3.09. The van der Waals surface area contributed by atoms with Crippen LogP contribution >= 0.6 is 0 Å². The highest BCUT2D eigenvalue weighted by Gasteiger charge is 2.23. The van der Waals surface area contributed by atoms with Crippen molar-refractivity contribution >= 4 is 11.7 Å². The summed E-state index contributed by atoms with van der Waals surface area (Å²) in [6.45, 7) is 0. The third-order valence-corrected chi connectivity index (χ3v) is 2.97. The van der Waals surface area contributed by atoms with E-state index in [4.69, 9.17) is 10.2 Å². The third kappa shape index (κ3) is 2.62. The Morgan fingerprint density at radius 3 is 2.57 bits per heavy atom. The monoisotopic (exact) mass is 284 g/mol. The molecule has 3 aromatic rings. The average Bonchev–Trinajstić information content (AvgIpc) is 3.17. The molecule has 1 aromatic carbocycles. The molecule has 2 heterocycles. The molecular weight excluding hydrogens is 272 g/mol. The highest BCUT2D eigenvalue weighted by atomic mass is 16.6. The van der Waals surface area contributed by atoms with Crippen LogP contribution in [0.2, 0.25) is 0 Å². The molecule has 2 aromatic heterocycles. The van der Waals surface area contributed by atoms with Crippen molar-refractivity contribution in [2.24, 2.45) is 0 Å². The van der Waals surface area contributed by atoms with E-state index >= 15 is 0 Å². The Morgan fingerprint density at radius 2 is 1.95 bits per heavy atom. The molecule has 21 heavy (non-hydrogen) atoms. The maximum absolute atomic E-state index is 12.2. The van der Waals surface area contributed by atoms with Crippen molar-refractivity contribution in [3.05, 3.63) is 65.7 Å². The van der Waals surface area contributed by atoms with E-state index in [1.54, 1.807) is 18.4 Å². The lowest BCUT2D eigenvalue weighted by Crippen LogP contribution is -2.29. The molecule has 7 heteroatoms. The Kier molecular flexibility index (Phi) is 3.38. The predicted molar refractivity (Wildman–Crippen MR) is 73.2 cm³/mol. The van der Waals surface area contributed by atoms with E-state index in [9.17, 15) is 4.79 Å². The van der Waals surface area contributed by atoms with Gasteiger partial charge in [-0.3, -0.25) is 4.79 Å². The largest absolute Gasteiger partial charge is 0.467 e. The zero-order valence-corrected chi connectivity index (χ0v) is 10.9. The van der Waals surface area contributed by atoms with Crippen LogP contribution in [-0.2, 0) is 0 Å². The van der Waals surface area contributed by atoms with Gasteiger partial charge in [0.1, 0.15) is 11.8 Å². The van der Waals surface area contributed by atoms with Crippen LogP contribution in [0.1, 0.15) is 27.9 Å². The first-order chi connectivity index (χ1) is 10.3. The summed E-state index contributed by atoms with van der Waals surface area (Å²) in [5.74, 6) is 0.0577. The Labute approximate surface area is 119 Å². The fraction of sp³-hybridized carbons (Fsp3) is 0.0714. The molecule has 3 N–H and O–H groups in total. The molecule has 0 fully saturated rings. The molecule has 0 radical (unpaired) electrons. The van der Waals surface area contributed by atoms with Crippen LogP contribution in [0, 0.1) is 0 Å². The number of benzene rings is 1. The SMILES string of the molecule is Nc1nonc1C(=O)NC(c1ccccc1)c1ccco1. The minimum atomic E-state index is -0.487. The molecule has 0 saturated carbocycles.